The molecule has 0 fully saturated rings. The fourth-order valence-electron chi connectivity index (χ4n) is 2.96. The maximum absolute atomic E-state index is 14.5. The van der Waals surface area contributed by atoms with Crippen molar-refractivity contribution in [3.05, 3.63) is 46.5 Å². The van der Waals surface area contributed by atoms with Crippen molar-refractivity contribution >= 4 is 23.5 Å². The molecule has 0 spiro atoms. The minimum Gasteiger partial charge on any atom is -0.465 e. The lowest BCUT2D eigenvalue weighted by Gasteiger charge is -2.16. The maximum atomic E-state index is 14.5. The molecule has 0 atom stereocenters. The molecule has 33 heavy (non-hydrogen) atoms. The predicted octanol–water partition coefficient (Wildman–Crippen LogP) is 3.82. The number of amides is 1. The van der Waals surface area contributed by atoms with E-state index in [0.29, 0.717) is 9.75 Å². The Kier molecular flexibility index (Phi) is 6.74. The summed E-state index contributed by atoms with van der Waals surface area (Å²) < 4.78 is 66.4. The predicted molar refractivity (Wildman–Crippen MR) is 104 cm³/mol. The number of benzene rings is 1. The number of hydrogen-bond acceptors (Lipinski definition) is 7. The van der Waals surface area contributed by atoms with Crippen molar-refractivity contribution in [1.82, 2.24) is 20.0 Å². The molecule has 3 aromatic rings. The van der Waals surface area contributed by atoms with E-state index < -0.39 is 58.7 Å². The normalized spacial score (nSPS) is 11.5. The van der Waals surface area contributed by atoms with Crippen LogP contribution in [0.5, 0.6) is 0 Å². The number of esters is 1. The fourth-order valence-corrected chi connectivity index (χ4v) is 3.21. The number of carbonyl (C=O) groups excluding carboxylic acids is 2. The number of likely N-dealkylation sites (N-methyl/N-ethyl adjacent to an activating group) is 1. The minimum absolute atomic E-state index is 0.167. The molecule has 0 aliphatic heterocycles. The molecule has 3 rings (SSSR count). The third-order valence-electron chi connectivity index (χ3n) is 4.54. The number of halogens is 5. The van der Waals surface area contributed by atoms with Crippen LogP contribution in [-0.2, 0) is 27.1 Å². The lowest BCUT2D eigenvalue weighted by atomic mass is 10.0. The first kappa shape index (κ1) is 24.2. The van der Waals surface area contributed by atoms with Gasteiger partial charge >= 0.3 is 12.1 Å². The summed E-state index contributed by atoms with van der Waals surface area (Å²) in [6.07, 6.45) is -4.30. The first-order chi connectivity index (χ1) is 15.5. The van der Waals surface area contributed by atoms with E-state index in [2.05, 4.69) is 19.8 Å². The van der Waals surface area contributed by atoms with Crippen molar-refractivity contribution in [2.24, 2.45) is 0 Å². The molecule has 0 unspecified atom stereocenters. The standard InChI is InChI=1S/C19H15ClF4N4O5/c1-27(32-3)12(29)8-28-17(19(22,23)24)9(7-25-28)16-14(18(30)31-2)15(26-33-16)13-10(20)5-4-6-11(13)21/h4-7H,8H2,1-3H3. The highest BCUT2D eigenvalue weighted by molar-refractivity contribution is 6.33. The highest BCUT2D eigenvalue weighted by Crippen LogP contribution is 2.42. The number of rotatable bonds is 6. The van der Waals surface area contributed by atoms with Crippen molar-refractivity contribution in [2.75, 3.05) is 21.3 Å². The van der Waals surface area contributed by atoms with Gasteiger partial charge < -0.3 is 9.26 Å². The van der Waals surface area contributed by atoms with E-state index >= 15 is 0 Å². The molecule has 0 radical (unpaired) electrons. The molecule has 2 aromatic heterocycles. The minimum atomic E-state index is -5.03. The van der Waals surface area contributed by atoms with Gasteiger partial charge in [-0.15, -0.1) is 0 Å². The van der Waals surface area contributed by atoms with Crippen LogP contribution in [0, 0.1) is 5.82 Å². The SMILES string of the molecule is COC(=O)c1c(-c2c(F)cccc2Cl)noc1-c1cnn(CC(=O)N(C)OC)c1C(F)(F)F. The van der Waals surface area contributed by atoms with E-state index in [0.717, 1.165) is 26.5 Å². The maximum Gasteiger partial charge on any atom is 0.433 e. The zero-order valence-electron chi connectivity index (χ0n) is 17.2. The third-order valence-corrected chi connectivity index (χ3v) is 4.86. The van der Waals surface area contributed by atoms with Crippen molar-refractivity contribution in [2.45, 2.75) is 12.7 Å². The average Bonchev–Trinajstić information content (AvgIpc) is 3.36. The van der Waals surface area contributed by atoms with Gasteiger partial charge in [0.05, 0.1) is 36.6 Å². The number of ether oxygens (including phenoxy) is 1. The number of aromatic nitrogens is 3. The first-order valence-electron chi connectivity index (χ1n) is 8.97. The Labute approximate surface area is 188 Å². The molecule has 176 valence electrons. The molecule has 0 aliphatic rings. The van der Waals surface area contributed by atoms with Crippen LogP contribution in [-0.4, -0.2) is 53.1 Å². The van der Waals surface area contributed by atoms with E-state index in [9.17, 15) is 27.2 Å². The lowest BCUT2D eigenvalue weighted by molar-refractivity contribution is -0.170. The summed E-state index contributed by atoms with van der Waals surface area (Å²) in [5.41, 5.74) is -3.56. The van der Waals surface area contributed by atoms with Gasteiger partial charge in [-0.1, -0.05) is 22.8 Å². The molecule has 0 saturated heterocycles. The van der Waals surface area contributed by atoms with E-state index in [4.69, 9.17) is 16.1 Å². The van der Waals surface area contributed by atoms with Gasteiger partial charge in [0, 0.05) is 7.05 Å². The molecular formula is C19H15ClF4N4O5. The van der Waals surface area contributed by atoms with Crippen LogP contribution >= 0.6 is 11.6 Å². The molecule has 0 aliphatic carbocycles. The van der Waals surface area contributed by atoms with Crippen LogP contribution in [0.2, 0.25) is 5.02 Å². The van der Waals surface area contributed by atoms with E-state index in [1.165, 1.54) is 19.2 Å². The molecule has 1 amide bonds. The summed E-state index contributed by atoms with van der Waals surface area (Å²) >= 11 is 6.02. The molecule has 0 N–H and O–H groups in total. The van der Waals surface area contributed by atoms with Gasteiger partial charge in [0.2, 0.25) is 0 Å². The van der Waals surface area contributed by atoms with Gasteiger partial charge in [-0.05, 0) is 12.1 Å². The van der Waals surface area contributed by atoms with Crippen LogP contribution in [0.4, 0.5) is 17.6 Å². The molecule has 9 nitrogen and oxygen atoms in total. The monoisotopic (exact) mass is 490 g/mol. The Balaban J connectivity index is 2.25. The number of methoxy groups -OCH3 is 1. The second-order valence-electron chi connectivity index (χ2n) is 6.46. The summed E-state index contributed by atoms with van der Waals surface area (Å²) in [5, 5.41) is 7.75. The largest absolute Gasteiger partial charge is 0.465 e. The highest BCUT2D eigenvalue weighted by Gasteiger charge is 2.42. The average molecular weight is 491 g/mol. The van der Waals surface area contributed by atoms with E-state index in [1.54, 1.807) is 0 Å². The number of nitrogens with zero attached hydrogens (tertiary/aromatic N) is 4. The van der Waals surface area contributed by atoms with Crippen LogP contribution in [0.25, 0.3) is 22.6 Å². The van der Waals surface area contributed by atoms with E-state index in [1.807, 2.05) is 0 Å². The summed E-state index contributed by atoms with van der Waals surface area (Å²) in [5.74, 6) is -3.59. The molecule has 0 bridgehead atoms. The smallest absolute Gasteiger partial charge is 0.433 e. The Morgan fingerprint density at radius 3 is 2.55 bits per heavy atom. The second-order valence-corrected chi connectivity index (χ2v) is 6.87. The van der Waals surface area contributed by atoms with Gasteiger partial charge in [0.25, 0.3) is 5.91 Å². The Morgan fingerprint density at radius 1 is 1.27 bits per heavy atom. The number of alkyl halides is 3. The molecule has 14 heteroatoms. The molecule has 0 saturated carbocycles. The zero-order valence-corrected chi connectivity index (χ0v) is 18.0. The van der Waals surface area contributed by atoms with Crippen molar-refractivity contribution in [3.8, 4) is 22.6 Å². The van der Waals surface area contributed by atoms with Crippen LogP contribution in [0.15, 0.2) is 28.9 Å². The van der Waals surface area contributed by atoms with Crippen molar-refractivity contribution in [1.29, 1.82) is 0 Å². The number of hydrogen-bond donors (Lipinski definition) is 0. The number of carbonyl (C=O) groups is 2. The van der Waals surface area contributed by atoms with Crippen LogP contribution in [0.3, 0.4) is 0 Å². The molecule has 1 aromatic carbocycles. The van der Waals surface area contributed by atoms with Gasteiger partial charge in [-0.25, -0.2) is 14.2 Å². The summed E-state index contributed by atoms with van der Waals surface area (Å²) in [6, 6.07) is 3.61. The first-order valence-corrected chi connectivity index (χ1v) is 9.35. The third kappa shape index (κ3) is 4.54. The van der Waals surface area contributed by atoms with E-state index in [-0.39, 0.29) is 10.6 Å². The van der Waals surface area contributed by atoms with Crippen LogP contribution < -0.4 is 0 Å². The number of hydroxylamine groups is 2. The van der Waals surface area contributed by atoms with Gasteiger partial charge in [0.1, 0.15) is 23.6 Å². The highest BCUT2D eigenvalue weighted by atomic mass is 35.5. The lowest BCUT2D eigenvalue weighted by Crippen LogP contribution is -2.31. The summed E-state index contributed by atoms with van der Waals surface area (Å²) in [6.45, 7) is -0.840. The van der Waals surface area contributed by atoms with Crippen molar-refractivity contribution < 1.29 is 41.2 Å². The van der Waals surface area contributed by atoms with Gasteiger partial charge in [-0.2, -0.15) is 18.3 Å². The quantitative estimate of drug-likeness (QED) is 0.294. The molecular weight excluding hydrogens is 476 g/mol. The van der Waals surface area contributed by atoms with Crippen LogP contribution in [0.1, 0.15) is 16.1 Å². The zero-order chi connectivity index (χ0) is 24.5. The Morgan fingerprint density at radius 2 is 1.97 bits per heavy atom. The summed E-state index contributed by atoms with van der Waals surface area (Å²) in [7, 11) is 3.33. The fraction of sp³-hybridized carbons (Fsp3) is 0.263. The molecule has 2 heterocycles. The summed E-state index contributed by atoms with van der Waals surface area (Å²) in [4.78, 5) is 29.2. The van der Waals surface area contributed by atoms with Gasteiger partial charge in [-0.3, -0.25) is 14.3 Å². The Hall–Kier alpha value is -3.45. The van der Waals surface area contributed by atoms with Gasteiger partial charge in [0.15, 0.2) is 11.5 Å². The topological polar surface area (TPSA) is 99.7 Å². The van der Waals surface area contributed by atoms with Crippen molar-refractivity contribution in [3.63, 3.8) is 0 Å². The Bertz CT molecular complexity index is 1190. The second kappa shape index (κ2) is 9.19.